The summed E-state index contributed by atoms with van der Waals surface area (Å²) >= 11 is 2.90. The maximum Gasteiger partial charge on any atom is 0.427 e. The van der Waals surface area contributed by atoms with Crippen molar-refractivity contribution >= 4 is 47.2 Å². The van der Waals surface area contributed by atoms with E-state index in [0.29, 0.717) is 28.1 Å². The van der Waals surface area contributed by atoms with Crippen LogP contribution in [-0.2, 0) is 14.3 Å². The van der Waals surface area contributed by atoms with Crippen molar-refractivity contribution in [1.29, 1.82) is 0 Å². The van der Waals surface area contributed by atoms with Crippen LogP contribution in [0.25, 0.3) is 0 Å². The Morgan fingerprint density at radius 1 is 1.17 bits per heavy atom. The molecule has 13 heteroatoms. The maximum absolute atomic E-state index is 13.9. The zero-order valence-corrected chi connectivity index (χ0v) is 23.5. The number of aliphatic imine (C=N–C) groups is 1. The highest BCUT2D eigenvalue weighted by atomic mass is 32.2. The SMILES string of the molecule is CC1=NC2=CN(C(=O)O)NN2C(SCC2=C(C(=O)OC(c3ccccc3)c3ccccc3)N3C(=O)C(N)[C@H]3SC2)=C1. The number of hydrazine groups is 2. The summed E-state index contributed by atoms with van der Waals surface area (Å²) in [6, 6.07) is 18.2. The monoisotopic (exact) mass is 590 g/mol. The topological polar surface area (TPSA) is 141 Å². The third kappa shape index (κ3) is 5.12. The summed E-state index contributed by atoms with van der Waals surface area (Å²) < 4.78 is 6.16. The van der Waals surface area contributed by atoms with Gasteiger partial charge in [0.05, 0.1) is 11.2 Å². The van der Waals surface area contributed by atoms with Crippen molar-refractivity contribution in [3.8, 4) is 0 Å². The summed E-state index contributed by atoms with van der Waals surface area (Å²) in [4.78, 5) is 44.2. The van der Waals surface area contributed by atoms with Gasteiger partial charge < -0.3 is 15.6 Å². The highest BCUT2D eigenvalue weighted by molar-refractivity contribution is 8.03. The fourth-order valence-electron chi connectivity index (χ4n) is 4.85. The minimum absolute atomic E-state index is 0.212. The first-order valence-corrected chi connectivity index (χ1v) is 14.8. The number of fused-ring (bicyclic) bond motifs is 2. The number of allylic oxidation sites excluding steroid dienone is 1. The van der Waals surface area contributed by atoms with Gasteiger partial charge in [-0.2, -0.15) is 5.01 Å². The zero-order valence-electron chi connectivity index (χ0n) is 21.8. The molecule has 4 aliphatic heterocycles. The molecule has 0 bridgehead atoms. The number of hydrogen-bond donors (Lipinski definition) is 3. The Balaban J connectivity index is 1.30. The predicted octanol–water partition coefficient (Wildman–Crippen LogP) is 3.38. The van der Waals surface area contributed by atoms with Crippen molar-refractivity contribution in [3.63, 3.8) is 0 Å². The molecule has 4 heterocycles. The van der Waals surface area contributed by atoms with E-state index in [4.69, 9.17) is 10.5 Å². The Morgan fingerprint density at radius 3 is 2.46 bits per heavy atom. The van der Waals surface area contributed by atoms with Gasteiger partial charge in [-0.1, -0.05) is 60.7 Å². The number of carbonyl (C=O) groups excluding carboxylic acids is 2. The number of amides is 2. The van der Waals surface area contributed by atoms with Gasteiger partial charge in [-0.15, -0.1) is 29.1 Å². The molecule has 2 aromatic carbocycles. The lowest BCUT2D eigenvalue weighted by atomic mass is 10.0. The second-order valence-corrected chi connectivity index (χ2v) is 11.7. The molecular formula is C28H26N6O5S2. The molecule has 2 amide bonds. The number of thioether (sulfide) groups is 2. The van der Waals surface area contributed by atoms with Gasteiger partial charge in [0.2, 0.25) is 5.91 Å². The average molecular weight is 591 g/mol. The Bertz CT molecular complexity index is 1490. The third-order valence-corrected chi connectivity index (χ3v) is 9.29. The molecule has 210 valence electrons. The van der Waals surface area contributed by atoms with Crippen molar-refractivity contribution < 1.29 is 24.2 Å². The van der Waals surface area contributed by atoms with Gasteiger partial charge in [-0.3, -0.25) is 9.69 Å². The van der Waals surface area contributed by atoms with E-state index in [-0.39, 0.29) is 17.0 Å². The molecular weight excluding hydrogens is 564 g/mol. The van der Waals surface area contributed by atoms with E-state index in [1.54, 1.807) is 5.01 Å². The first-order valence-electron chi connectivity index (χ1n) is 12.7. The van der Waals surface area contributed by atoms with E-state index in [2.05, 4.69) is 10.5 Å². The minimum Gasteiger partial charge on any atom is -0.464 e. The fraction of sp³-hybridized carbons (Fsp3) is 0.214. The Hall–Kier alpha value is -4.04. The average Bonchev–Trinajstić information content (AvgIpc) is 3.43. The summed E-state index contributed by atoms with van der Waals surface area (Å²) in [6.07, 6.45) is 1.36. The minimum atomic E-state index is -1.18. The molecule has 0 radical (unpaired) electrons. The van der Waals surface area contributed by atoms with Crippen LogP contribution in [-0.4, -0.2) is 66.6 Å². The lowest BCUT2D eigenvalue weighted by molar-refractivity contribution is -0.153. The van der Waals surface area contributed by atoms with Crippen LogP contribution in [0.1, 0.15) is 24.2 Å². The van der Waals surface area contributed by atoms with Crippen LogP contribution in [0.5, 0.6) is 0 Å². The quantitative estimate of drug-likeness (QED) is 0.325. The van der Waals surface area contributed by atoms with E-state index in [9.17, 15) is 19.5 Å². The number of rotatable bonds is 7. The molecule has 2 aromatic rings. The number of benzene rings is 2. The van der Waals surface area contributed by atoms with Crippen LogP contribution in [0.15, 0.2) is 100 Å². The van der Waals surface area contributed by atoms with Crippen molar-refractivity contribution in [2.45, 2.75) is 24.4 Å². The summed E-state index contributed by atoms with van der Waals surface area (Å²) in [7, 11) is 0. The number of nitrogens with one attached hydrogen (secondary N) is 1. The molecule has 6 rings (SSSR count). The molecule has 4 N–H and O–H groups in total. The van der Waals surface area contributed by atoms with Gasteiger partial charge >= 0.3 is 12.1 Å². The lowest BCUT2D eigenvalue weighted by Crippen LogP contribution is -2.68. The lowest BCUT2D eigenvalue weighted by Gasteiger charge is -2.48. The van der Waals surface area contributed by atoms with E-state index in [1.807, 2.05) is 73.7 Å². The predicted molar refractivity (Wildman–Crippen MR) is 155 cm³/mol. The number of hydrogen-bond acceptors (Lipinski definition) is 10. The van der Waals surface area contributed by atoms with Crippen molar-refractivity contribution in [2.24, 2.45) is 10.7 Å². The van der Waals surface area contributed by atoms with Crippen LogP contribution in [0.3, 0.4) is 0 Å². The van der Waals surface area contributed by atoms with Crippen LogP contribution in [0.4, 0.5) is 4.79 Å². The number of carboxylic acid groups (broad SMARTS) is 1. The Kier molecular flexibility index (Phi) is 7.34. The smallest absolute Gasteiger partial charge is 0.427 e. The summed E-state index contributed by atoms with van der Waals surface area (Å²) in [5, 5.41) is 12.2. The normalized spacial score (nSPS) is 21.6. The Morgan fingerprint density at radius 2 is 1.83 bits per heavy atom. The van der Waals surface area contributed by atoms with Crippen molar-refractivity contribution in [1.82, 2.24) is 20.5 Å². The largest absolute Gasteiger partial charge is 0.464 e. The molecule has 11 nitrogen and oxygen atoms in total. The second kappa shape index (κ2) is 11.1. The summed E-state index contributed by atoms with van der Waals surface area (Å²) in [5.41, 5.74) is 12.1. The van der Waals surface area contributed by atoms with E-state index >= 15 is 0 Å². The van der Waals surface area contributed by atoms with E-state index in [0.717, 1.165) is 21.7 Å². The molecule has 0 aromatic heterocycles. The molecule has 0 aliphatic carbocycles. The van der Waals surface area contributed by atoms with Gasteiger partial charge in [-0.05, 0) is 29.7 Å². The van der Waals surface area contributed by atoms with Gasteiger partial charge in [0.25, 0.3) is 0 Å². The van der Waals surface area contributed by atoms with Gasteiger partial charge in [0.15, 0.2) is 11.9 Å². The number of nitrogens with zero attached hydrogens (tertiary/aromatic N) is 4. The molecule has 2 atom stereocenters. The van der Waals surface area contributed by atoms with Crippen LogP contribution >= 0.6 is 23.5 Å². The van der Waals surface area contributed by atoms with Crippen LogP contribution in [0.2, 0.25) is 0 Å². The summed E-state index contributed by atoms with van der Waals surface area (Å²) in [6.45, 7) is 1.82. The van der Waals surface area contributed by atoms with Gasteiger partial charge in [0.1, 0.15) is 17.1 Å². The first kappa shape index (κ1) is 27.1. The van der Waals surface area contributed by atoms with E-state index in [1.165, 1.54) is 34.6 Å². The first-order chi connectivity index (χ1) is 19.8. The van der Waals surface area contributed by atoms with E-state index < -0.39 is 24.2 Å². The molecule has 0 spiro atoms. The number of nitrogens with two attached hydrogens (primary N) is 1. The van der Waals surface area contributed by atoms with Crippen molar-refractivity contribution in [3.05, 3.63) is 106 Å². The maximum atomic E-state index is 13.9. The number of ether oxygens (including phenoxy) is 1. The van der Waals surface area contributed by atoms with Crippen molar-refractivity contribution in [2.75, 3.05) is 11.5 Å². The third-order valence-electron chi connectivity index (χ3n) is 6.84. The fourth-order valence-corrected chi connectivity index (χ4v) is 7.35. The van der Waals surface area contributed by atoms with Crippen LogP contribution in [0, 0.1) is 0 Å². The Labute approximate surface area is 244 Å². The molecule has 1 unspecified atom stereocenters. The standard InChI is InChI=1S/C28H26N6O5S2/c1-16-12-21(34-20(30-16)13-32(31-34)28(37)38)40-14-19-15-41-26-22(29)25(35)33(26)23(19)27(36)39-24(17-8-4-2-5-9-17)18-10-6-3-7-11-18/h2-13,22,24,26,31H,14-15,29H2,1H3,(H,37,38)/t22?,26-/m1/s1. The summed E-state index contributed by atoms with van der Waals surface area (Å²) in [5.74, 6) is 0.340. The molecule has 41 heavy (non-hydrogen) atoms. The number of β-lactam (4-membered cyclic amide) rings is 1. The van der Waals surface area contributed by atoms with Gasteiger partial charge in [-0.25, -0.2) is 19.6 Å². The zero-order chi connectivity index (χ0) is 28.7. The highest BCUT2D eigenvalue weighted by Crippen LogP contribution is 2.42. The molecule has 0 saturated carbocycles. The highest BCUT2D eigenvalue weighted by Gasteiger charge is 2.52. The molecule has 1 fully saturated rings. The van der Waals surface area contributed by atoms with Crippen LogP contribution < -0.4 is 11.3 Å². The number of esters is 1. The molecule has 4 aliphatic rings. The van der Waals surface area contributed by atoms with Gasteiger partial charge in [0, 0.05) is 17.2 Å². The second-order valence-electron chi connectivity index (χ2n) is 9.59. The molecule has 1 saturated heterocycles. The number of carbonyl (C=O) groups is 3.